The molecule has 6 nitrogen and oxygen atoms in total. The Morgan fingerprint density at radius 1 is 1.38 bits per heavy atom. The lowest BCUT2D eigenvalue weighted by molar-refractivity contribution is 0.352. The summed E-state index contributed by atoms with van der Waals surface area (Å²) in [6.07, 6.45) is 3.98. The SMILES string of the molecule is Cc1cccnc1-c1nc(N2CCC(C(C)N)CC2)n[nH]1. The smallest absolute Gasteiger partial charge is 0.245 e. The summed E-state index contributed by atoms with van der Waals surface area (Å²) in [5.74, 6) is 2.10. The minimum absolute atomic E-state index is 0.269. The average Bonchev–Trinajstić information content (AvgIpc) is 2.97. The van der Waals surface area contributed by atoms with E-state index in [1.165, 1.54) is 0 Å². The van der Waals surface area contributed by atoms with Crippen LogP contribution in [-0.2, 0) is 0 Å². The van der Waals surface area contributed by atoms with E-state index in [2.05, 4.69) is 32.0 Å². The number of nitrogens with zero attached hydrogens (tertiary/aromatic N) is 4. The van der Waals surface area contributed by atoms with E-state index in [9.17, 15) is 0 Å². The van der Waals surface area contributed by atoms with Crippen LogP contribution in [0.1, 0.15) is 25.3 Å². The number of hydrogen-bond donors (Lipinski definition) is 2. The van der Waals surface area contributed by atoms with Crippen molar-refractivity contribution in [1.29, 1.82) is 0 Å². The number of aryl methyl sites for hydroxylation is 1. The van der Waals surface area contributed by atoms with Crippen molar-refractivity contribution in [3.05, 3.63) is 23.9 Å². The lowest BCUT2D eigenvalue weighted by Crippen LogP contribution is -2.40. The molecule has 1 fully saturated rings. The Bertz CT molecular complexity index is 598. The van der Waals surface area contributed by atoms with E-state index in [1.807, 2.05) is 19.1 Å². The monoisotopic (exact) mass is 286 g/mol. The van der Waals surface area contributed by atoms with Gasteiger partial charge in [0.2, 0.25) is 5.95 Å². The maximum atomic E-state index is 5.98. The fraction of sp³-hybridized carbons (Fsp3) is 0.533. The average molecular weight is 286 g/mol. The van der Waals surface area contributed by atoms with Gasteiger partial charge < -0.3 is 10.6 Å². The summed E-state index contributed by atoms with van der Waals surface area (Å²) in [5, 5.41) is 7.35. The van der Waals surface area contributed by atoms with E-state index in [4.69, 9.17) is 5.73 Å². The molecular formula is C15H22N6. The van der Waals surface area contributed by atoms with Crippen LogP contribution in [0.5, 0.6) is 0 Å². The number of nitrogens with two attached hydrogens (primary N) is 1. The summed E-state index contributed by atoms with van der Waals surface area (Å²) < 4.78 is 0. The van der Waals surface area contributed by atoms with Gasteiger partial charge in [-0.2, -0.15) is 4.98 Å². The lowest BCUT2D eigenvalue weighted by atomic mass is 9.91. The zero-order chi connectivity index (χ0) is 14.8. The molecule has 0 amide bonds. The molecule has 2 aromatic heterocycles. The molecular weight excluding hydrogens is 264 g/mol. The molecule has 1 aliphatic rings. The molecule has 1 unspecified atom stereocenters. The van der Waals surface area contributed by atoms with Crippen LogP contribution in [0.25, 0.3) is 11.5 Å². The van der Waals surface area contributed by atoms with Crippen molar-refractivity contribution < 1.29 is 0 Å². The summed E-state index contributed by atoms with van der Waals surface area (Å²) in [5.41, 5.74) is 7.94. The van der Waals surface area contributed by atoms with Gasteiger partial charge in [0.25, 0.3) is 0 Å². The van der Waals surface area contributed by atoms with Crippen LogP contribution in [0.2, 0.25) is 0 Å². The lowest BCUT2D eigenvalue weighted by Gasteiger charge is -2.32. The van der Waals surface area contributed by atoms with Gasteiger partial charge in [0.15, 0.2) is 5.82 Å². The van der Waals surface area contributed by atoms with Gasteiger partial charge in [-0.15, -0.1) is 5.10 Å². The van der Waals surface area contributed by atoms with Gasteiger partial charge in [0, 0.05) is 25.3 Å². The molecule has 0 radical (unpaired) electrons. The second-order valence-electron chi connectivity index (χ2n) is 5.84. The number of nitrogens with one attached hydrogen (secondary N) is 1. The van der Waals surface area contributed by atoms with Crippen LogP contribution in [0.4, 0.5) is 5.95 Å². The molecule has 2 aromatic rings. The van der Waals surface area contributed by atoms with Crippen molar-refractivity contribution in [1.82, 2.24) is 20.2 Å². The first-order valence-electron chi connectivity index (χ1n) is 7.50. The fourth-order valence-corrected chi connectivity index (χ4v) is 2.86. The topological polar surface area (TPSA) is 83.7 Å². The standard InChI is InChI=1S/C15H22N6/c1-10-4-3-7-17-13(10)14-18-15(20-19-14)21-8-5-12(6-9-21)11(2)16/h3-4,7,11-12H,5-6,8-9,16H2,1-2H3,(H,18,19,20). The molecule has 0 spiro atoms. The third kappa shape index (κ3) is 2.90. The summed E-state index contributed by atoms with van der Waals surface area (Å²) in [6, 6.07) is 4.22. The van der Waals surface area contributed by atoms with E-state index in [0.29, 0.717) is 5.92 Å². The highest BCUT2D eigenvalue weighted by atomic mass is 15.4. The minimum Gasteiger partial charge on any atom is -0.340 e. The molecule has 6 heteroatoms. The van der Waals surface area contributed by atoms with Gasteiger partial charge in [-0.05, 0) is 44.2 Å². The predicted octanol–water partition coefficient (Wildman–Crippen LogP) is 1.74. The molecule has 0 saturated carbocycles. The van der Waals surface area contributed by atoms with E-state index in [1.54, 1.807) is 6.20 Å². The quantitative estimate of drug-likeness (QED) is 0.898. The highest BCUT2D eigenvalue weighted by molar-refractivity contribution is 5.55. The second kappa shape index (κ2) is 5.81. The van der Waals surface area contributed by atoms with E-state index < -0.39 is 0 Å². The molecule has 1 aliphatic heterocycles. The number of H-pyrrole nitrogens is 1. The number of piperidine rings is 1. The number of anilines is 1. The first-order valence-corrected chi connectivity index (χ1v) is 7.50. The van der Waals surface area contributed by atoms with Gasteiger partial charge in [0.05, 0.1) is 0 Å². The van der Waals surface area contributed by atoms with Gasteiger partial charge in [0.1, 0.15) is 5.69 Å². The van der Waals surface area contributed by atoms with Crippen LogP contribution in [-0.4, -0.2) is 39.3 Å². The van der Waals surface area contributed by atoms with Crippen molar-refractivity contribution in [3.8, 4) is 11.5 Å². The molecule has 3 rings (SSSR count). The molecule has 0 aliphatic carbocycles. The zero-order valence-electron chi connectivity index (χ0n) is 12.6. The number of aromatic amines is 1. The molecule has 0 aromatic carbocycles. The highest BCUT2D eigenvalue weighted by Crippen LogP contribution is 2.24. The van der Waals surface area contributed by atoms with Crippen molar-refractivity contribution in [3.63, 3.8) is 0 Å². The molecule has 3 N–H and O–H groups in total. The second-order valence-corrected chi connectivity index (χ2v) is 5.84. The van der Waals surface area contributed by atoms with Gasteiger partial charge in [-0.1, -0.05) is 6.07 Å². The van der Waals surface area contributed by atoms with Crippen molar-refractivity contribution in [2.75, 3.05) is 18.0 Å². The highest BCUT2D eigenvalue weighted by Gasteiger charge is 2.24. The zero-order valence-corrected chi connectivity index (χ0v) is 12.6. The normalized spacial score (nSPS) is 18.0. The summed E-state index contributed by atoms with van der Waals surface area (Å²) in [6.45, 7) is 6.04. The molecule has 1 atom stereocenters. The molecule has 21 heavy (non-hydrogen) atoms. The maximum absolute atomic E-state index is 5.98. The Hall–Kier alpha value is -1.95. The Kier molecular flexibility index (Phi) is 3.88. The third-order valence-electron chi connectivity index (χ3n) is 4.27. The minimum atomic E-state index is 0.269. The van der Waals surface area contributed by atoms with E-state index >= 15 is 0 Å². The first kappa shape index (κ1) is 14.0. The third-order valence-corrected chi connectivity index (χ3v) is 4.27. The predicted molar refractivity (Wildman–Crippen MR) is 82.9 cm³/mol. The Balaban J connectivity index is 1.73. The van der Waals surface area contributed by atoms with Crippen LogP contribution < -0.4 is 10.6 Å². The largest absolute Gasteiger partial charge is 0.340 e. The fourth-order valence-electron chi connectivity index (χ4n) is 2.86. The van der Waals surface area contributed by atoms with Crippen molar-refractivity contribution in [2.45, 2.75) is 32.7 Å². The Morgan fingerprint density at radius 2 is 2.14 bits per heavy atom. The molecule has 3 heterocycles. The molecule has 0 bridgehead atoms. The summed E-state index contributed by atoms with van der Waals surface area (Å²) >= 11 is 0. The number of hydrogen-bond acceptors (Lipinski definition) is 5. The first-order chi connectivity index (χ1) is 10.1. The summed E-state index contributed by atoms with van der Waals surface area (Å²) in [4.78, 5) is 11.2. The number of pyridine rings is 1. The van der Waals surface area contributed by atoms with Gasteiger partial charge >= 0.3 is 0 Å². The van der Waals surface area contributed by atoms with E-state index in [0.717, 1.165) is 49.0 Å². The number of aromatic nitrogens is 4. The van der Waals surface area contributed by atoms with Crippen molar-refractivity contribution >= 4 is 5.95 Å². The van der Waals surface area contributed by atoms with Crippen molar-refractivity contribution in [2.24, 2.45) is 11.7 Å². The molecule has 112 valence electrons. The Morgan fingerprint density at radius 3 is 2.81 bits per heavy atom. The van der Waals surface area contributed by atoms with Gasteiger partial charge in [-0.25, -0.2) is 0 Å². The van der Waals surface area contributed by atoms with E-state index in [-0.39, 0.29) is 6.04 Å². The van der Waals surface area contributed by atoms with Crippen LogP contribution in [0.15, 0.2) is 18.3 Å². The molecule has 1 saturated heterocycles. The van der Waals surface area contributed by atoms with Gasteiger partial charge in [-0.3, -0.25) is 10.1 Å². The Labute approximate surface area is 124 Å². The maximum Gasteiger partial charge on any atom is 0.245 e. The summed E-state index contributed by atoms with van der Waals surface area (Å²) in [7, 11) is 0. The number of rotatable bonds is 3. The van der Waals surface area contributed by atoms with Crippen LogP contribution >= 0.6 is 0 Å². The van der Waals surface area contributed by atoms with Crippen LogP contribution in [0, 0.1) is 12.8 Å². The van der Waals surface area contributed by atoms with Crippen LogP contribution in [0.3, 0.4) is 0 Å².